The van der Waals surface area contributed by atoms with Crippen LogP contribution in [0, 0.1) is 5.92 Å². The highest BCUT2D eigenvalue weighted by molar-refractivity contribution is 6.40. The summed E-state index contributed by atoms with van der Waals surface area (Å²) in [5, 5.41) is 28.8. The molecule has 0 amide bonds. The Balaban J connectivity index is 1.83. The summed E-state index contributed by atoms with van der Waals surface area (Å²) in [6, 6.07) is 5.52. The summed E-state index contributed by atoms with van der Waals surface area (Å²) in [6.45, 7) is 2.46. The number of hydrogen-bond donors (Lipinski definition) is 4. The molecule has 156 valence electrons. The van der Waals surface area contributed by atoms with E-state index in [0.29, 0.717) is 29.3 Å². The topological polar surface area (TPSA) is 107 Å². The van der Waals surface area contributed by atoms with Gasteiger partial charge in [-0.3, -0.25) is 4.79 Å². The highest BCUT2D eigenvalue weighted by Gasteiger charge is 2.42. The molecule has 6 nitrogen and oxygen atoms in total. The van der Waals surface area contributed by atoms with Crippen LogP contribution in [0.2, 0.25) is 16.4 Å². The first-order chi connectivity index (χ1) is 13.2. The maximum absolute atomic E-state index is 11.8. The quantitative estimate of drug-likeness (QED) is 0.335. The Morgan fingerprint density at radius 1 is 1.25 bits per heavy atom. The van der Waals surface area contributed by atoms with E-state index in [1.165, 1.54) is 0 Å². The fourth-order valence-electron chi connectivity index (χ4n) is 3.90. The van der Waals surface area contributed by atoms with Crippen LogP contribution in [0.1, 0.15) is 37.7 Å². The number of unbranched alkanes of at least 4 members (excludes halogenated alkanes) is 1. The zero-order valence-electron chi connectivity index (χ0n) is 16.0. The predicted molar refractivity (Wildman–Crippen MR) is 113 cm³/mol. The Bertz CT molecular complexity index is 657. The van der Waals surface area contributed by atoms with Crippen LogP contribution in [0.25, 0.3) is 0 Å². The summed E-state index contributed by atoms with van der Waals surface area (Å²) in [5.74, 6) is -1.05. The van der Waals surface area contributed by atoms with Gasteiger partial charge in [0.2, 0.25) is 0 Å². The number of aliphatic carboxylic acids is 1. The minimum atomic E-state index is -1.35. The molecule has 1 aromatic rings. The molecule has 1 aromatic carbocycles. The van der Waals surface area contributed by atoms with E-state index in [1.807, 2.05) is 12.1 Å². The number of benzene rings is 1. The third-order valence-corrected chi connectivity index (χ3v) is 6.32. The molecular formula is C19H29BCl2N2O4. The predicted octanol–water partition coefficient (Wildman–Crippen LogP) is 2.67. The molecule has 9 heteroatoms. The molecular weight excluding hydrogens is 402 g/mol. The van der Waals surface area contributed by atoms with Crippen LogP contribution < -0.4 is 5.73 Å². The summed E-state index contributed by atoms with van der Waals surface area (Å²) in [5.41, 5.74) is 6.10. The molecule has 2 rings (SSSR count). The molecule has 1 fully saturated rings. The van der Waals surface area contributed by atoms with E-state index in [-0.39, 0.29) is 12.2 Å². The number of likely N-dealkylation sites (tertiary alicyclic amines) is 1. The molecule has 1 aliphatic rings. The first-order valence-electron chi connectivity index (χ1n) is 9.77. The Morgan fingerprint density at radius 3 is 2.50 bits per heavy atom. The lowest BCUT2D eigenvalue weighted by atomic mass is 9.74. The number of carboxylic acids is 1. The minimum absolute atomic E-state index is 0.0839. The van der Waals surface area contributed by atoms with Crippen molar-refractivity contribution >= 4 is 36.3 Å². The lowest BCUT2D eigenvalue weighted by Gasteiger charge is -2.40. The Kier molecular flexibility index (Phi) is 9.05. The number of carbonyl (C=O) groups is 1. The second-order valence-corrected chi connectivity index (χ2v) is 8.52. The largest absolute Gasteiger partial charge is 0.480 e. The van der Waals surface area contributed by atoms with Crippen LogP contribution >= 0.6 is 23.2 Å². The van der Waals surface area contributed by atoms with Crippen molar-refractivity contribution in [3.63, 3.8) is 0 Å². The molecule has 0 spiro atoms. The first kappa shape index (κ1) is 23.5. The molecule has 1 saturated heterocycles. The van der Waals surface area contributed by atoms with Crippen molar-refractivity contribution < 1.29 is 19.9 Å². The Labute approximate surface area is 176 Å². The summed E-state index contributed by atoms with van der Waals surface area (Å²) >= 11 is 12.2. The zero-order valence-corrected chi connectivity index (χ0v) is 17.5. The summed E-state index contributed by atoms with van der Waals surface area (Å²) in [7, 11) is -1.35. The van der Waals surface area contributed by atoms with Crippen molar-refractivity contribution in [3.05, 3.63) is 33.8 Å². The number of carboxylic acid groups (broad SMARTS) is 1. The lowest BCUT2D eigenvalue weighted by Crippen LogP contribution is -2.57. The van der Waals surface area contributed by atoms with Gasteiger partial charge in [-0.1, -0.05) is 42.1 Å². The van der Waals surface area contributed by atoms with Crippen LogP contribution in [0.5, 0.6) is 0 Å². The maximum Gasteiger partial charge on any atom is 0.451 e. The second-order valence-electron chi connectivity index (χ2n) is 7.67. The SMILES string of the molecule is NC(CCCCB(O)O)(C(=O)O)C1CCN(CCc2ccc(Cl)cc2Cl)CC1. The maximum atomic E-state index is 11.8. The van der Waals surface area contributed by atoms with Crippen LogP contribution in [0.15, 0.2) is 18.2 Å². The van der Waals surface area contributed by atoms with E-state index < -0.39 is 18.6 Å². The van der Waals surface area contributed by atoms with Gasteiger partial charge in [-0.2, -0.15) is 0 Å². The smallest absolute Gasteiger partial charge is 0.451 e. The van der Waals surface area contributed by atoms with Crippen LogP contribution in [0.4, 0.5) is 0 Å². The molecule has 0 bridgehead atoms. The van der Waals surface area contributed by atoms with E-state index >= 15 is 0 Å². The molecule has 0 aliphatic carbocycles. The molecule has 1 unspecified atom stereocenters. The van der Waals surface area contributed by atoms with Crippen LogP contribution in [-0.4, -0.2) is 58.3 Å². The second kappa shape index (κ2) is 10.8. The highest BCUT2D eigenvalue weighted by atomic mass is 35.5. The lowest BCUT2D eigenvalue weighted by molar-refractivity contribution is -0.147. The summed E-state index contributed by atoms with van der Waals surface area (Å²) < 4.78 is 0. The van der Waals surface area contributed by atoms with Crippen molar-refractivity contribution in [1.82, 2.24) is 4.90 Å². The number of piperidine rings is 1. The zero-order chi connectivity index (χ0) is 20.7. The molecule has 5 N–H and O–H groups in total. The van der Waals surface area contributed by atoms with Crippen molar-refractivity contribution in [2.75, 3.05) is 19.6 Å². The van der Waals surface area contributed by atoms with E-state index in [4.69, 9.17) is 39.0 Å². The third-order valence-electron chi connectivity index (χ3n) is 5.73. The average molecular weight is 431 g/mol. The van der Waals surface area contributed by atoms with Gasteiger partial charge in [-0.05, 0) is 68.7 Å². The molecule has 1 heterocycles. The molecule has 1 aliphatic heterocycles. The minimum Gasteiger partial charge on any atom is -0.480 e. The number of nitrogens with two attached hydrogens (primary N) is 1. The highest BCUT2D eigenvalue weighted by Crippen LogP contribution is 2.31. The standard InChI is InChI=1S/C19H29BCl2N2O4/c21-16-4-3-14(17(22)13-16)5-10-24-11-6-15(7-12-24)19(23,18(25)26)8-1-2-9-20(27)28/h3-4,13,15,27-28H,1-2,5-12,23H2,(H,25,26). The molecule has 0 saturated carbocycles. The number of halogens is 2. The summed E-state index contributed by atoms with van der Waals surface area (Å²) in [4.78, 5) is 14.2. The number of rotatable bonds is 10. The Morgan fingerprint density at radius 2 is 1.93 bits per heavy atom. The van der Waals surface area contributed by atoms with E-state index in [9.17, 15) is 9.90 Å². The molecule has 1 atom stereocenters. The van der Waals surface area contributed by atoms with Crippen molar-refractivity contribution in [3.8, 4) is 0 Å². The first-order valence-corrected chi connectivity index (χ1v) is 10.5. The molecule has 28 heavy (non-hydrogen) atoms. The average Bonchev–Trinajstić information content (AvgIpc) is 2.64. The number of nitrogens with zero attached hydrogens (tertiary/aromatic N) is 1. The summed E-state index contributed by atoms with van der Waals surface area (Å²) in [6.07, 6.45) is 3.98. The van der Waals surface area contributed by atoms with Crippen molar-refractivity contribution in [2.24, 2.45) is 11.7 Å². The van der Waals surface area contributed by atoms with Gasteiger partial charge in [0.1, 0.15) is 5.54 Å². The van der Waals surface area contributed by atoms with Crippen molar-refractivity contribution in [1.29, 1.82) is 0 Å². The van der Waals surface area contributed by atoms with E-state index in [0.717, 1.165) is 44.5 Å². The van der Waals surface area contributed by atoms with Gasteiger partial charge in [0.15, 0.2) is 0 Å². The monoisotopic (exact) mass is 430 g/mol. The van der Waals surface area contributed by atoms with Gasteiger partial charge < -0.3 is 25.8 Å². The van der Waals surface area contributed by atoms with Gasteiger partial charge in [0, 0.05) is 16.6 Å². The van der Waals surface area contributed by atoms with Crippen molar-refractivity contribution in [2.45, 2.75) is 50.4 Å². The van der Waals surface area contributed by atoms with Gasteiger partial charge >= 0.3 is 13.1 Å². The van der Waals surface area contributed by atoms with Gasteiger partial charge in [0.05, 0.1) is 0 Å². The normalized spacial score (nSPS) is 18.0. The van der Waals surface area contributed by atoms with E-state index in [2.05, 4.69) is 4.90 Å². The van der Waals surface area contributed by atoms with Crippen LogP contribution in [-0.2, 0) is 11.2 Å². The van der Waals surface area contributed by atoms with Gasteiger partial charge in [-0.15, -0.1) is 0 Å². The van der Waals surface area contributed by atoms with Crippen LogP contribution in [0.3, 0.4) is 0 Å². The Hall–Kier alpha value is -0.825. The third kappa shape index (κ3) is 6.61. The molecule has 0 aromatic heterocycles. The fourth-order valence-corrected chi connectivity index (χ4v) is 4.41. The number of hydrogen-bond acceptors (Lipinski definition) is 5. The fraction of sp³-hybridized carbons (Fsp3) is 0.632. The van der Waals surface area contributed by atoms with E-state index in [1.54, 1.807) is 6.07 Å². The van der Waals surface area contributed by atoms with Gasteiger partial charge in [-0.25, -0.2) is 0 Å². The molecule has 0 radical (unpaired) electrons. The van der Waals surface area contributed by atoms with Gasteiger partial charge in [0.25, 0.3) is 0 Å².